The van der Waals surface area contributed by atoms with E-state index in [0.717, 1.165) is 46.1 Å². The van der Waals surface area contributed by atoms with Crippen LogP contribution in [0.5, 0.6) is 11.5 Å². The fourth-order valence-corrected chi connectivity index (χ4v) is 6.26. The normalized spacial score (nSPS) is 11.7. The second-order valence-corrected chi connectivity index (χ2v) is 16.4. The van der Waals surface area contributed by atoms with Crippen molar-refractivity contribution in [3.05, 3.63) is 127 Å². The molecule has 0 spiro atoms. The monoisotopic (exact) mass is 867 g/mol. The molecule has 4 aromatic carbocycles. The molecule has 16 nitrogen and oxygen atoms in total. The molecule has 0 saturated carbocycles. The summed E-state index contributed by atoms with van der Waals surface area (Å²) in [6, 6.07) is 19.9. The first kappa shape index (κ1) is 42.4. The summed E-state index contributed by atoms with van der Waals surface area (Å²) in [5.41, 5.74) is -0.0413. The number of benzene rings is 4. The van der Waals surface area contributed by atoms with Gasteiger partial charge in [-0.15, -0.1) is 21.6 Å². The molecule has 0 aliphatic carbocycles. The fourth-order valence-electron chi connectivity index (χ4n) is 4.61. The van der Waals surface area contributed by atoms with E-state index in [1.807, 2.05) is 0 Å². The van der Waals surface area contributed by atoms with Crippen LogP contribution in [0, 0.1) is 13.8 Å². The molecule has 0 radical (unpaired) electrons. The third-order valence-electron chi connectivity index (χ3n) is 7.31. The first-order valence-corrected chi connectivity index (χ1v) is 19.8. The van der Waals surface area contributed by atoms with Crippen LogP contribution in [0.3, 0.4) is 0 Å². The van der Waals surface area contributed by atoms with Gasteiger partial charge in [0.05, 0.1) is 21.2 Å². The molecule has 0 saturated heterocycles. The molecule has 0 bridgehead atoms. The first-order chi connectivity index (χ1) is 25.3. The Bertz CT molecular complexity index is 2620. The van der Waals surface area contributed by atoms with Gasteiger partial charge in [0, 0.05) is 33.9 Å². The predicted octanol–water partition coefficient (Wildman–Crippen LogP) is 5.30. The van der Waals surface area contributed by atoms with Crippen molar-refractivity contribution in [2.24, 2.45) is 20.5 Å². The van der Waals surface area contributed by atoms with E-state index in [2.05, 4.69) is 30.7 Å². The standard InChI is InChI=1S/2C17H15ClN4O4S.Co/c2*1-10-16(17(24)22(21-10)12-5-3-4-11(18)8-12)20-19-14-9-13(27(2,25)26)6-7-15(14)23;/h2*3-9H,1-2H3,(H2,19,20,21,23,24);/q;;+3/p-4. The molecule has 0 unspecified atom stereocenters. The summed E-state index contributed by atoms with van der Waals surface area (Å²) in [4.78, 5) is 25.0. The summed E-state index contributed by atoms with van der Waals surface area (Å²) in [7, 11) is -7.02. The maximum Gasteiger partial charge on any atom is 3.00 e. The van der Waals surface area contributed by atoms with Crippen LogP contribution in [0.25, 0.3) is 11.4 Å². The summed E-state index contributed by atoms with van der Waals surface area (Å²) in [6.07, 6.45) is 2.03. The van der Waals surface area contributed by atoms with Crippen LogP contribution in [-0.2, 0) is 36.5 Å². The van der Waals surface area contributed by atoms with Gasteiger partial charge in [-0.1, -0.05) is 72.8 Å². The zero-order valence-electron chi connectivity index (χ0n) is 28.8. The van der Waals surface area contributed by atoms with Crippen LogP contribution in [-0.4, -0.2) is 38.7 Å². The number of azo groups is 2. The van der Waals surface area contributed by atoms with Crippen LogP contribution < -0.4 is 31.5 Å². The molecule has 0 fully saturated rings. The minimum absolute atomic E-state index is 0. The molecular weight excluding hydrogens is 842 g/mol. The molecule has 55 heavy (non-hydrogen) atoms. The van der Waals surface area contributed by atoms with Crippen LogP contribution in [0.4, 0.5) is 22.7 Å². The molecule has 6 aromatic rings. The van der Waals surface area contributed by atoms with Crippen LogP contribution in [0.1, 0.15) is 11.4 Å². The van der Waals surface area contributed by atoms with E-state index in [0.29, 0.717) is 32.8 Å². The minimum Gasteiger partial charge on any atom is -0.871 e. The van der Waals surface area contributed by atoms with Gasteiger partial charge in [0.25, 0.3) is 11.1 Å². The first-order valence-electron chi connectivity index (χ1n) is 15.2. The van der Waals surface area contributed by atoms with Gasteiger partial charge in [-0.25, -0.2) is 16.8 Å². The number of hydrogen-bond donors (Lipinski definition) is 0. The van der Waals surface area contributed by atoms with Gasteiger partial charge in [0.15, 0.2) is 19.7 Å². The van der Waals surface area contributed by atoms with Crippen molar-refractivity contribution in [3.63, 3.8) is 0 Å². The summed E-state index contributed by atoms with van der Waals surface area (Å²) < 4.78 is 48.7. The Morgan fingerprint density at radius 3 is 1.27 bits per heavy atom. The number of sulfone groups is 2. The SMILES string of the molecule is Cc1[n-]n(-c2cccc(Cl)c2)c(=O)c1N=Nc1cc(S(C)(=O)=O)ccc1[O-].Cc1[n-]n(-c2cccc(Cl)c2)c(=O)c1N=Nc1cc(S(C)(=O)=O)ccc1[O-].[Co+3]. The average molecular weight is 869 g/mol. The van der Waals surface area contributed by atoms with Gasteiger partial charge in [0.2, 0.25) is 0 Å². The van der Waals surface area contributed by atoms with Crippen molar-refractivity contribution in [1.82, 2.24) is 19.6 Å². The third kappa shape index (κ3) is 10.1. The maximum atomic E-state index is 12.6. The summed E-state index contributed by atoms with van der Waals surface area (Å²) in [5.74, 6) is -1.03. The quantitative estimate of drug-likeness (QED) is 0.179. The number of aromatic nitrogens is 4. The smallest absolute Gasteiger partial charge is 0.871 e. The van der Waals surface area contributed by atoms with E-state index in [1.54, 1.807) is 62.4 Å². The van der Waals surface area contributed by atoms with Gasteiger partial charge < -0.3 is 29.8 Å². The Hall–Kier alpha value is -5.31. The number of halogens is 2. The van der Waals surface area contributed by atoms with Crippen molar-refractivity contribution in [1.29, 1.82) is 0 Å². The molecule has 0 aliphatic rings. The van der Waals surface area contributed by atoms with Gasteiger partial charge >= 0.3 is 16.8 Å². The second kappa shape index (κ2) is 17.0. The van der Waals surface area contributed by atoms with Gasteiger partial charge in [-0.3, -0.25) is 9.59 Å². The van der Waals surface area contributed by atoms with Crippen molar-refractivity contribution in [2.75, 3.05) is 12.5 Å². The number of rotatable bonds is 8. The average Bonchev–Trinajstić information content (AvgIpc) is 3.55. The van der Waals surface area contributed by atoms with Crippen molar-refractivity contribution in [2.45, 2.75) is 23.6 Å². The van der Waals surface area contributed by atoms with E-state index < -0.39 is 42.3 Å². The zero-order valence-corrected chi connectivity index (χ0v) is 33.0. The Balaban J connectivity index is 0.000000240. The number of hydrogen-bond acceptors (Lipinski definition) is 12. The van der Waals surface area contributed by atoms with Crippen molar-refractivity contribution < 1.29 is 43.8 Å². The fraction of sp³-hybridized carbons (Fsp3) is 0.118. The van der Waals surface area contributed by atoms with Gasteiger partial charge in [-0.2, -0.15) is 10.2 Å². The topological polar surface area (TPSA) is 236 Å². The Morgan fingerprint density at radius 2 is 0.945 bits per heavy atom. The van der Waals surface area contributed by atoms with Crippen molar-refractivity contribution >= 4 is 65.6 Å². The van der Waals surface area contributed by atoms with Crippen LogP contribution in [0.2, 0.25) is 10.0 Å². The zero-order chi connectivity index (χ0) is 39.5. The molecule has 6 rings (SSSR count). The minimum atomic E-state index is -3.51. The summed E-state index contributed by atoms with van der Waals surface area (Å²) >= 11 is 11.9. The van der Waals surface area contributed by atoms with E-state index in [9.17, 15) is 36.6 Å². The second-order valence-electron chi connectivity index (χ2n) is 11.5. The Morgan fingerprint density at radius 1 is 0.582 bits per heavy atom. The maximum absolute atomic E-state index is 12.6. The van der Waals surface area contributed by atoms with E-state index >= 15 is 0 Å². The molecule has 0 atom stereocenters. The molecule has 21 heteroatoms. The molecule has 0 N–H and O–H groups in total. The number of nitrogens with zero attached hydrogens (tertiary/aromatic N) is 8. The summed E-state index contributed by atoms with van der Waals surface area (Å²) in [5, 5.41) is 48.1. The molecular formula is C34H26Cl2CoN8O8S2-. The molecule has 286 valence electrons. The Labute approximate surface area is 333 Å². The molecule has 2 heterocycles. The van der Waals surface area contributed by atoms with E-state index in [1.165, 1.54) is 12.1 Å². The van der Waals surface area contributed by atoms with Gasteiger partial charge in [0.1, 0.15) is 11.4 Å². The van der Waals surface area contributed by atoms with Crippen LogP contribution >= 0.6 is 23.2 Å². The van der Waals surface area contributed by atoms with Gasteiger partial charge in [-0.05, 0) is 60.7 Å². The molecule has 0 amide bonds. The molecule has 0 aliphatic heterocycles. The molecule has 2 aromatic heterocycles. The van der Waals surface area contributed by atoms with Crippen molar-refractivity contribution in [3.8, 4) is 22.9 Å². The number of aryl methyl sites for hydroxylation is 2. The Kier molecular flexibility index (Phi) is 13.1. The predicted molar refractivity (Wildman–Crippen MR) is 197 cm³/mol. The summed E-state index contributed by atoms with van der Waals surface area (Å²) in [6.45, 7) is 3.14. The largest absolute Gasteiger partial charge is 3.00 e. The van der Waals surface area contributed by atoms with E-state index in [4.69, 9.17) is 23.2 Å². The van der Waals surface area contributed by atoms with E-state index in [-0.39, 0.29) is 49.3 Å². The van der Waals surface area contributed by atoms with Crippen LogP contribution in [0.15, 0.2) is 125 Å². The third-order valence-corrected chi connectivity index (χ3v) is 10.0.